The molecule has 0 spiro atoms. The third kappa shape index (κ3) is 5.13. The van der Waals surface area contributed by atoms with Gasteiger partial charge >= 0.3 is 11.9 Å². The highest BCUT2D eigenvalue weighted by molar-refractivity contribution is 6.01. The van der Waals surface area contributed by atoms with Crippen LogP contribution in [0.15, 0.2) is 109 Å². The maximum absolute atomic E-state index is 13.1. The molecule has 0 aliphatic carbocycles. The Bertz CT molecular complexity index is 1300. The molecule has 0 radical (unpaired) electrons. The van der Waals surface area contributed by atoms with Crippen LogP contribution in [0, 0.1) is 13.8 Å². The minimum absolute atomic E-state index is 0.177. The molecule has 0 N–H and O–H groups in total. The summed E-state index contributed by atoms with van der Waals surface area (Å²) in [4.78, 5) is 26.2. The van der Waals surface area contributed by atoms with Gasteiger partial charge in [-0.25, -0.2) is 9.59 Å². The Balaban J connectivity index is 1.91. The van der Waals surface area contributed by atoms with Gasteiger partial charge in [0, 0.05) is 11.1 Å². The van der Waals surface area contributed by atoms with Gasteiger partial charge in [-0.2, -0.15) is 0 Å². The van der Waals surface area contributed by atoms with Gasteiger partial charge in [-0.3, -0.25) is 0 Å². The standard InChI is InChI=1S/C30H24O4/c1-21-13-12-14-22(2)26(21)28(34-30(32)25-19-10-5-11-20-25)27(23-15-6-3-7-16-23)33-29(31)24-17-8-4-9-18-24/h3-20H,1-2H3. The Kier molecular flexibility index (Phi) is 6.99. The van der Waals surface area contributed by atoms with Crippen molar-refractivity contribution in [2.75, 3.05) is 0 Å². The molecule has 0 aliphatic rings. The molecule has 0 heterocycles. The van der Waals surface area contributed by atoms with E-state index in [0.717, 1.165) is 11.1 Å². The topological polar surface area (TPSA) is 52.6 Å². The number of rotatable bonds is 6. The summed E-state index contributed by atoms with van der Waals surface area (Å²) in [6, 6.07) is 32.4. The summed E-state index contributed by atoms with van der Waals surface area (Å²) >= 11 is 0. The quantitative estimate of drug-likeness (QED) is 0.184. The lowest BCUT2D eigenvalue weighted by Gasteiger charge is -2.19. The first-order valence-electron chi connectivity index (χ1n) is 11.0. The SMILES string of the molecule is Cc1cccc(C)c1C(OC(=O)c1ccccc1)=C(OC(=O)c1ccccc1)c1ccccc1. The van der Waals surface area contributed by atoms with Gasteiger partial charge in [-0.05, 0) is 49.2 Å². The van der Waals surface area contributed by atoms with Gasteiger partial charge in [-0.1, -0.05) is 84.9 Å². The summed E-state index contributed by atoms with van der Waals surface area (Å²) in [7, 11) is 0. The summed E-state index contributed by atoms with van der Waals surface area (Å²) < 4.78 is 12.0. The molecule has 0 aromatic heterocycles. The van der Waals surface area contributed by atoms with Crippen LogP contribution in [0.2, 0.25) is 0 Å². The Morgan fingerprint density at radius 2 is 0.853 bits per heavy atom. The van der Waals surface area contributed by atoms with Crippen LogP contribution in [0.1, 0.15) is 43.0 Å². The molecule has 0 unspecified atom stereocenters. The predicted octanol–water partition coefficient (Wildman–Crippen LogP) is 6.84. The monoisotopic (exact) mass is 448 g/mol. The molecular formula is C30H24O4. The Labute approximate surface area is 199 Å². The Morgan fingerprint density at radius 3 is 1.29 bits per heavy atom. The van der Waals surface area contributed by atoms with Crippen molar-refractivity contribution in [3.63, 3.8) is 0 Å². The molecule has 0 saturated heterocycles. The van der Waals surface area contributed by atoms with Crippen molar-refractivity contribution in [3.8, 4) is 0 Å². The van der Waals surface area contributed by atoms with Crippen LogP contribution >= 0.6 is 0 Å². The molecule has 0 bridgehead atoms. The van der Waals surface area contributed by atoms with Gasteiger partial charge in [0.25, 0.3) is 0 Å². The zero-order valence-electron chi connectivity index (χ0n) is 19.0. The van der Waals surface area contributed by atoms with Crippen molar-refractivity contribution in [2.45, 2.75) is 13.8 Å². The highest BCUT2D eigenvalue weighted by atomic mass is 16.6. The molecule has 4 aromatic carbocycles. The first kappa shape index (κ1) is 22.7. The fraction of sp³-hybridized carbons (Fsp3) is 0.0667. The molecule has 34 heavy (non-hydrogen) atoms. The van der Waals surface area contributed by atoms with E-state index in [2.05, 4.69) is 0 Å². The van der Waals surface area contributed by atoms with E-state index < -0.39 is 11.9 Å². The van der Waals surface area contributed by atoms with Crippen molar-refractivity contribution in [1.29, 1.82) is 0 Å². The Hall–Kier alpha value is -4.44. The van der Waals surface area contributed by atoms with Crippen LogP contribution in [0.25, 0.3) is 11.5 Å². The molecule has 0 amide bonds. The van der Waals surface area contributed by atoms with Gasteiger partial charge in [0.15, 0.2) is 11.5 Å². The number of aryl methyl sites for hydroxylation is 2. The normalized spacial score (nSPS) is 11.4. The molecule has 4 nitrogen and oxygen atoms in total. The van der Waals surface area contributed by atoms with E-state index in [1.165, 1.54) is 0 Å². The van der Waals surface area contributed by atoms with Crippen molar-refractivity contribution in [1.82, 2.24) is 0 Å². The van der Waals surface area contributed by atoms with Crippen LogP contribution in [-0.2, 0) is 9.47 Å². The maximum Gasteiger partial charge on any atom is 0.343 e. The number of carbonyl (C=O) groups excluding carboxylic acids is 2. The maximum atomic E-state index is 13.1. The summed E-state index contributed by atoms with van der Waals surface area (Å²) in [5, 5.41) is 0. The highest BCUT2D eigenvalue weighted by Crippen LogP contribution is 2.34. The van der Waals surface area contributed by atoms with E-state index in [1.54, 1.807) is 48.5 Å². The van der Waals surface area contributed by atoms with Crippen molar-refractivity contribution in [2.24, 2.45) is 0 Å². The summed E-state index contributed by atoms with van der Waals surface area (Å²) in [5.41, 5.74) is 3.89. The molecule has 4 aromatic rings. The third-order valence-corrected chi connectivity index (χ3v) is 5.36. The first-order valence-corrected chi connectivity index (χ1v) is 11.0. The van der Waals surface area contributed by atoms with Gasteiger partial charge in [0.05, 0.1) is 11.1 Å². The summed E-state index contributed by atoms with van der Waals surface area (Å²) in [6.07, 6.45) is 0. The molecule has 0 aliphatic heterocycles. The van der Waals surface area contributed by atoms with Gasteiger partial charge < -0.3 is 9.47 Å². The number of ether oxygens (including phenoxy) is 2. The second-order valence-corrected chi connectivity index (χ2v) is 7.80. The first-order chi connectivity index (χ1) is 16.5. The predicted molar refractivity (Wildman–Crippen MR) is 133 cm³/mol. The highest BCUT2D eigenvalue weighted by Gasteiger charge is 2.24. The Morgan fingerprint density at radius 1 is 0.471 bits per heavy atom. The number of esters is 2. The van der Waals surface area contributed by atoms with E-state index in [0.29, 0.717) is 22.3 Å². The molecule has 4 heteroatoms. The van der Waals surface area contributed by atoms with Gasteiger partial charge in [-0.15, -0.1) is 0 Å². The molecule has 168 valence electrons. The fourth-order valence-corrected chi connectivity index (χ4v) is 3.66. The summed E-state index contributed by atoms with van der Waals surface area (Å²) in [6.45, 7) is 3.86. The lowest BCUT2D eigenvalue weighted by molar-refractivity contribution is 0.0646. The number of benzene rings is 4. The largest absolute Gasteiger partial charge is 0.418 e. The minimum Gasteiger partial charge on any atom is -0.418 e. The van der Waals surface area contributed by atoms with Crippen LogP contribution in [0.5, 0.6) is 0 Å². The zero-order chi connectivity index (χ0) is 23.9. The lowest BCUT2D eigenvalue weighted by atomic mass is 9.98. The molecular weight excluding hydrogens is 424 g/mol. The fourth-order valence-electron chi connectivity index (χ4n) is 3.66. The van der Waals surface area contributed by atoms with E-state index in [1.807, 2.05) is 74.5 Å². The number of hydrogen-bond donors (Lipinski definition) is 0. The minimum atomic E-state index is -0.543. The number of carbonyl (C=O) groups is 2. The van der Waals surface area contributed by atoms with Crippen molar-refractivity contribution in [3.05, 3.63) is 143 Å². The number of hydrogen-bond acceptors (Lipinski definition) is 4. The lowest BCUT2D eigenvalue weighted by Crippen LogP contribution is -2.12. The van der Waals surface area contributed by atoms with Crippen molar-refractivity contribution < 1.29 is 19.1 Å². The second kappa shape index (κ2) is 10.5. The van der Waals surface area contributed by atoms with E-state index in [4.69, 9.17) is 9.47 Å². The molecule has 0 fully saturated rings. The third-order valence-electron chi connectivity index (χ3n) is 5.36. The van der Waals surface area contributed by atoms with Crippen LogP contribution in [-0.4, -0.2) is 11.9 Å². The van der Waals surface area contributed by atoms with Crippen LogP contribution in [0.4, 0.5) is 0 Å². The average Bonchev–Trinajstić information content (AvgIpc) is 2.88. The zero-order valence-corrected chi connectivity index (χ0v) is 19.0. The molecule has 4 rings (SSSR count). The molecule has 0 atom stereocenters. The second-order valence-electron chi connectivity index (χ2n) is 7.80. The van der Waals surface area contributed by atoms with E-state index >= 15 is 0 Å². The van der Waals surface area contributed by atoms with E-state index in [-0.39, 0.29) is 11.5 Å². The van der Waals surface area contributed by atoms with Gasteiger partial charge in [0.1, 0.15) is 0 Å². The summed E-state index contributed by atoms with van der Waals surface area (Å²) in [5.74, 6) is -0.711. The van der Waals surface area contributed by atoms with E-state index in [9.17, 15) is 9.59 Å². The average molecular weight is 449 g/mol. The van der Waals surface area contributed by atoms with Crippen LogP contribution < -0.4 is 0 Å². The smallest absolute Gasteiger partial charge is 0.343 e. The van der Waals surface area contributed by atoms with Crippen molar-refractivity contribution >= 4 is 23.5 Å². The van der Waals surface area contributed by atoms with Gasteiger partial charge in [0.2, 0.25) is 0 Å². The van der Waals surface area contributed by atoms with Crippen LogP contribution in [0.3, 0.4) is 0 Å². The molecule has 0 saturated carbocycles.